The monoisotopic (exact) mass is 305 g/mol. The van der Waals surface area contributed by atoms with E-state index in [2.05, 4.69) is 24.0 Å². The summed E-state index contributed by atoms with van der Waals surface area (Å²) in [6, 6.07) is 9.81. The Labute approximate surface area is 128 Å². The molecule has 1 aromatic heterocycles. The van der Waals surface area contributed by atoms with Crippen LogP contribution in [0.4, 0.5) is 0 Å². The fourth-order valence-electron chi connectivity index (χ4n) is 1.94. The van der Waals surface area contributed by atoms with Crippen LogP contribution in [0.1, 0.15) is 26.1 Å². The van der Waals surface area contributed by atoms with Gasteiger partial charge in [-0.3, -0.25) is 9.36 Å². The topological polar surface area (TPSA) is 68.0 Å². The molecule has 1 aromatic carbocycles. The van der Waals surface area contributed by atoms with E-state index in [-0.39, 0.29) is 5.75 Å². The molecule has 5 nitrogen and oxygen atoms in total. The first kappa shape index (κ1) is 15.6. The van der Waals surface area contributed by atoms with Crippen LogP contribution in [-0.2, 0) is 11.2 Å². The van der Waals surface area contributed by atoms with Gasteiger partial charge in [0, 0.05) is 12.1 Å². The Balaban J connectivity index is 2.31. The number of benzene rings is 1. The molecule has 2 rings (SSSR count). The maximum atomic E-state index is 10.8. The van der Waals surface area contributed by atoms with Crippen molar-refractivity contribution in [2.45, 2.75) is 31.8 Å². The van der Waals surface area contributed by atoms with E-state index in [4.69, 9.17) is 5.11 Å². The number of carboxylic acids is 1. The van der Waals surface area contributed by atoms with E-state index in [0.29, 0.717) is 11.1 Å². The third kappa shape index (κ3) is 4.32. The van der Waals surface area contributed by atoms with E-state index in [1.165, 1.54) is 11.8 Å². The van der Waals surface area contributed by atoms with Crippen molar-refractivity contribution in [3.63, 3.8) is 0 Å². The van der Waals surface area contributed by atoms with Crippen LogP contribution in [0.3, 0.4) is 0 Å². The lowest BCUT2D eigenvalue weighted by molar-refractivity contribution is -0.133. The van der Waals surface area contributed by atoms with E-state index in [0.717, 1.165) is 24.4 Å². The van der Waals surface area contributed by atoms with Gasteiger partial charge in [0.15, 0.2) is 5.16 Å². The molecular weight excluding hydrogens is 286 g/mol. The maximum Gasteiger partial charge on any atom is 0.313 e. The molecule has 1 heterocycles. The van der Waals surface area contributed by atoms with Crippen molar-refractivity contribution in [3.8, 4) is 5.69 Å². The zero-order chi connectivity index (χ0) is 15.2. The molecule has 0 fully saturated rings. The van der Waals surface area contributed by atoms with Gasteiger partial charge in [-0.25, -0.2) is 0 Å². The van der Waals surface area contributed by atoms with Gasteiger partial charge in [0.25, 0.3) is 0 Å². The van der Waals surface area contributed by atoms with Crippen LogP contribution in [0.25, 0.3) is 5.69 Å². The van der Waals surface area contributed by atoms with E-state index >= 15 is 0 Å². The lowest BCUT2D eigenvalue weighted by Crippen LogP contribution is -2.06. The fraction of sp³-hybridized carbons (Fsp3) is 0.400. The highest BCUT2D eigenvalue weighted by molar-refractivity contribution is 7.99. The Morgan fingerprint density at radius 1 is 1.29 bits per heavy atom. The van der Waals surface area contributed by atoms with Gasteiger partial charge >= 0.3 is 5.97 Å². The van der Waals surface area contributed by atoms with Crippen molar-refractivity contribution in [2.75, 3.05) is 5.75 Å². The molecule has 2 aromatic rings. The zero-order valence-corrected chi connectivity index (χ0v) is 13.0. The van der Waals surface area contributed by atoms with Gasteiger partial charge in [-0.1, -0.05) is 43.8 Å². The van der Waals surface area contributed by atoms with Gasteiger partial charge in [-0.05, 0) is 24.5 Å². The number of carboxylic acid groups (broad SMARTS) is 1. The molecule has 0 aliphatic heterocycles. The predicted octanol–water partition coefficient (Wildman–Crippen LogP) is 3.03. The third-order valence-electron chi connectivity index (χ3n) is 2.98. The Bertz CT molecular complexity index is 596. The first-order valence-corrected chi connectivity index (χ1v) is 7.90. The normalized spacial score (nSPS) is 11.0. The highest BCUT2D eigenvalue weighted by atomic mass is 32.2. The summed E-state index contributed by atoms with van der Waals surface area (Å²) in [5.74, 6) is 0.588. The van der Waals surface area contributed by atoms with Gasteiger partial charge in [0.05, 0.1) is 5.75 Å². The zero-order valence-electron chi connectivity index (χ0n) is 12.2. The number of nitrogens with zero attached hydrogens (tertiary/aromatic N) is 3. The number of aromatic nitrogens is 3. The summed E-state index contributed by atoms with van der Waals surface area (Å²) in [6.45, 7) is 4.34. The molecule has 6 heteroatoms. The largest absolute Gasteiger partial charge is 0.481 e. The minimum Gasteiger partial charge on any atom is -0.481 e. The number of aryl methyl sites for hydroxylation is 1. The minimum atomic E-state index is -0.855. The Kier molecular flexibility index (Phi) is 5.38. The van der Waals surface area contributed by atoms with Crippen molar-refractivity contribution < 1.29 is 9.90 Å². The molecular formula is C15H19N3O2S. The molecule has 21 heavy (non-hydrogen) atoms. The number of aliphatic carboxylic acids is 1. The summed E-state index contributed by atoms with van der Waals surface area (Å²) in [6.07, 6.45) is 1.85. The molecule has 0 amide bonds. The van der Waals surface area contributed by atoms with Crippen LogP contribution < -0.4 is 0 Å². The highest BCUT2D eigenvalue weighted by Gasteiger charge is 2.15. The lowest BCUT2D eigenvalue weighted by atomic mass is 10.1. The molecule has 0 radical (unpaired) electrons. The van der Waals surface area contributed by atoms with Gasteiger partial charge in [0.1, 0.15) is 5.82 Å². The summed E-state index contributed by atoms with van der Waals surface area (Å²) in [5.41, 5.74) is 0.967. The first-order valence-electron chi connectivity index (χ1n) is 6.92. The van der Waals surface area contributed by atoms with Gasteiger partial charge in [-0.15, -0.1) is 10.2 Å². The van der Waals surface area contributed by atoms with Crippen LogP contribution in [0.15, 0.2) is 35.5 Å². The second-order valence-corrected chi connectivity index (χ2v) is 6.13. The molecule has 0 saturated heterocycles. The van der Waals surface area contributed by atoms with Gasteiger partial charge in [0.2, 0.25) is 0 Å². The second-order valence-electron chi connectivity index (χ2n) is 5.18. The van der Waals surface area contributed by atoms with Crippen LogP contribution in [0, 0.1) is 5.92 Å². The van der Waals surface area contributed by atoms with Crippen LogP contribution in [0.5, 0.6) is 0 Å². The summed E-state index contributed by atoms with van der Waals surface area (Å²) >= 11 is 1.19. The number of para-hydroxylation sites is 1. The van der Waals surface area contributed by atoms with Gasteiger partial charge in [-0.2, -0.15) is 0 Å². The van der Waals surface area contributed by atoms with E-state index in [9.17, 15) is 4.79 Å². The van der Waals surface area contributed by atoms with Crippen molar-refractivity contribution in [3.05, 3.63) is 36.2 Å². The lowest BCUT2D eigenvalue weighted by Gasteiger charge is -2.10. The highest BCUT2D eigenvalue weighted by Crippen LogP contribution is 2.23. The summed E-state index contributed by atoms with van der Waals surface area (Å²) < 4.78 is 1.95. The van der Waals surface area contributed by atoms with Crippen molar-refractivity contribution >= 4 is 17.7 Å². The number of hydrogen-bond acceptors (Lipinski definition) is 4. The summed E-state index contributed by atoms with van der Waals surface area (Å²) in [5, 5.41) is 17.9. The molecule has 1 N–H and O–H groups in total. The second kappa shape index (κ2) is 7.26. The minimum absolute atomic E-state index is 0.0187. The average molecular weight is 305 g/mol. The van der Waals surface area contributed by atoms with Crippen LogP contribution in [0.2, 0.25) is 0 Å². The molecule has 0 aliphatic carbocycles. The maximum absolute atomic E-state index is 10.8. The number of hydrogen-bond donors (Lipinski definition) is 1. The molecule has 112 valence electrons. The average Bonchev–Trinajstić information content (AvgIpc) is 2.86. The Morgan fingerprint density at radius 2 is 2.00 bits per heavy atom. The third-order valence-corrected chi connectivity index (χ3v) is 3.90. The predicted molar refractivity (Wildman–Crippen MR) is 82.9 cm³/mol. The standard InChI is InChI=1S/C15H19N3O2S/c1-11(2)8-9-13-16-17-15(21-10-14(19)20)18(13)12-6-4-3-5-7-12/h3-7,11H,8-10H2,1-2H3,(H,19,20). The molecule has 0 unspecified atom stereocenters. The quantitative estimate of drug-likeness (QED) is 0.796. The number of carbonyl (C=O) groups is 1. The number of thioether (sulfide) groups is 1. The first-order chi connectivity index (χ1) is 10.1. The molecule has 0 bridgehead atoms. The molecule has 0 spiro atoms. The SMILES string of the molecule is CC(C)CCc1nnc(SCC(=O)O)n1-c1ccccc1. The molecule has 0 atom stereocenters. The van der Waals surface area contributed by atoms with E-state index in [1.54, 1.807) is 0 Å². The van der Waals surface area contributed by atoms with E-state index < -0.39 is 5.97 Å². The summed E-state index contributed by atoms with van der Waals surface area (Å²) in [4.78, 5) is 10.8. The van der Waals surface area contributed by atoms with Crippen molar-refractivity contribution in [1.29, 1.82) is 0 Å². The van der Waals surface area contributed by atoms with Crippen LogP contribution >= 0.6 is 11.8 Å². The molecule has 0 saturated carbocycles. The smallest absolute Gasteiger partial charge is 0.313 e. The number of rotatable bonds is 7. The summed E-state index contributed by atoms with van der Waals surface area (Å²) in [7, 11) is 0. The van der Waals surface area contributed by atoms with Crippen molar-refractivity contribution in [2.24, 2.45) is 5.92 Å². The van der Waals surface area contributed by atoms with Crippen LogP contribution in [-0.4, -0.2) is 31.6 Å². The van der Waals surface area contributed by atoms with Gasteiger partial charge < -0.3 is 5.11 Å². The van der Waals surface area contributed by atoms with Crippen molar-refractivity contribution in [1.82, 2.24) is 14.8 Å². The Hall–Kier alpha value is -1.82. The van der Waals surface area contributed by atoms with E-state index in [1.807, 2.05) is 34.9 Å². The molecule has 0 aliphatic rings. The Morgan fingerprint density at radius 3 is 2.62 bits per heavy atom. The fourth-order valence-corrected chi connectivity index (χ4v) is 2.63.